The van der Waals surface area contributed by atoms with Gasteiger partial charge in [0, 0.05) is 26.1 Å². The number of rotatable bonds is 6. The molecule has 7 nitrogen and oxygen atoms in total. The van der Waals surface area contributed by atoms with Crippen LogP contribution < -0.4 is 10.6 Å². The summed E-state index contributed by atoms with van der Waals surface area (Å²) in [4.78, 5) is 37.2. The standard InChI is InChI=1S/C18H33N3O4/c1-13(2)10-15(22)19-11-14-6-8-21(9-7-14)16(23)12-20-17(24)25-18(3,4)5/h13-14H,6-12H2,1-5H3,(H,19,22)(H,20,24). The van der Waals surface area contributed by atoms with Crippen LogP contribution in [0.3, 0.4) is 0 Å². The third-order valence-corrected chi connectivity index (χ3v) is 3.93. The van der Waals surface area contributed by atoms with Gasteiger partial charge in [-0.15, -0.1) is 0 Å². The minimum atomic E-state index is -0.580. The molecule has 7 heteroatoms. The predicted molar refractivity (Wildman–Crippen MR) is 96.0 cm³/mol. The number of likely N-dealkylation sites (tertiary alicyclic amines) is 1. The summed E-state index contributed by atoms with van der Waals surface area (Å²) < 4.78 is 5.11. The number of ether oxygens (including phenoxy) is 1. The fourth-order valence-corrected chi connectivity index (χ4v) is 2.66. The van der Waals surface area contributed by atoms with E-state index in [9.17, 15) is 14.4 Å². The first-order valence-electron chi connectivity index (χ1n) is 9.08. The van der Waals surface area contributed by atoms with Crippen LogP contribution in [0, 0.1) is 11.8 Å². The normalized spacial score (nSPS) is 15.8. The molecule has 1 fully saturated rings. The molecule has 0 aliphatic carbocycles. The van der Waals surface area contributed by atoms with E-state index in [4.69, 9.17) is 4.74 Å². The fourth-order valence-electron chi connectivity index (χ4n) is 2.66. The van der Waals surface area contributed by atoms with Crippen molar-refractivity contribution < 1.29 is 19.1 Å². The number of carbonyl (C=O) groups excluding carboxylic acids is 3. The number of hydrogen-bond acceptors (Lipinski definition) is 4. The van der Waals surface area contributed by atoms with Crippen molar-refractivity contribution in [2.24, 2.45) is 11.8 Å². The largest absolute Gasteiger partial charge is 0.444 e. The van der Waals surface area contributed by atoms with E-state index in [1.54, 1.807) is 25.7 Å². The zero-order valence-electron chi connectivity index (χ0n) is 16.2. The molecule has 3 amide bonds. The van der Waals surface area contributed by atoms with Crippen LogP contribution >= 0.6 is 0 Å². The molecule has 1 heterocycles. The molecule has 1 aliphatic heterocycles. The van der Waals surface area contributed by atoms with Crippen molar-refractivity contribution in [1.29, 1.82) is 0 Å². The molecule has 1 saturated heterocycles. The lowest BCUT2D eigenvalue weighted by atomic mass is 9.96. The van der Waals surface area contributed by atoms with Gasteiger partial charge in [0.15, 0.2) is 0 Å². The number of nitrogens with zero attached hydrogens (tertiary/aromatic N) is 1. The lowest BCUT2D eigenvalue weighted by Gasteiger charge is -2.32. The first-order valence-corrected chi connectivity index (χ1v) is 9.08. The molecule has 0 aromatic rings. The Morgan fingerprint density at radius 2 is 1.72 bits per heavy atom. The van der Waals surface area contributed by atoms with Crippen molar-refractivity contribution in [2.45, 2.75) is 59.5 Å². The lowest BCUT2D eigenvalue weighted by molar-refractivity contribution is -0.132. The first-order chi connectivity index (χ1) is 11.6. The van der Waals surface area contributed by atoms with E-state index in [0.29, 0.717) is 37.9 Å². The van der Waals surface area contributed by atoms with Crippen LogP contribution in [-0.2, 0) is 14.3 Å². The summed E-state index contributed by atoms with van der Waals surface area (Å²) >= 11 is 0. The average molecular weight is 355 g/mol. The van der Waals surface area contributed by atoms with E-state index in [-0.39, 0.29) is 18.4 Å². The highest BCUT2D eigenvalue weighted by Crippen LogP contribution is 2.16. The summed E-state index contributed by atoms with van der Waals surface area (Å²) in [5.74, 6) is 0.749. The molecule has 0 atom stereocenters. The van der Waals surface area contributed by atoms with Crippen LogP contribution in [-0.4, -0.2) is 54.6 Å². The Morgan fingerprint density at radius 3 is 2.24 bits per heavy atom. The molecule has 0 unspecified atom stereocenters. The number of nitrogens with one attached hydrogen (secondary N) is 2. The molecule has 0 radical (unpaired) electrons. The number of piperidine rings is 1. The van der Waals surface area contributed by atoms with Crippen LogP contribution in [0.25, 0.3) is 0 Å². The second kappa shape index (κ2) is 9.63. The molecule has 0 bridgehead atoms. The third kappa shape index (κ3) is 9.31. The Morgan fingerprint density at radius 1 is 1.12 bits per heavy atom. The molecule has 2 N–H and O–H groups in total. The van der Waals surface area contributed by atoms with Crippen molar-refractivity contribution in [3.63, 3.8) is 0 Å². The Hall–Kier alpha value is -1.79. The molecule has 144 valence electrons. The smallest absolute Gasteiger partial charge is 0.408 e. The summed E-state index contributed by atoms with van der Waals surface area (Å²) in [5, 5.41) is 5.47. The summed E-state index contributed by atoms with van der Waals surface area (Å²) in [6.07, 6.45) is 1.69. The quantitative estimate of drug-likeness (QED) is 0.762. The molecular weight excluding hydrogens is 322 g/mol. The van der Waals surface area contributed by atoms with E-state index in [1.165, 1.54) is 0 Å². The van der Waals surface area contributed by atoms with Gasteiger partial charge >= 0.3 is 6.09 Å². The maximum Gasteiger partial charge on any atom is 0.408 e. The van der Waals surface area contributed by atoms with Crippen LogP contribution in [0.4, 0.5) is 4.79 Å². The second-order valence-electron chi connectivity index (χ2n) is 8.08. The van der Waals surface area contributed by atoms with Crippen LogP contribution in [0.15, 0.2) is 0 Å². The van der Waals surface area contributed by atoms with Gasteiger partial charge in [0.2, 0.25) is 11.8 Å². The van der Waals surface area contributed by atoms with E-state index in [1.807, 2.05) is 13.8 Å². The first kappa shape index (κ1) is 21.3. The van der Waals surface area contributed by atoms with Crippen molar-refractivity contribution in [3.8, 4) is 0 Å². The molecule has 25 heavy (non-hydrogen) atoms. The fraction of sp³-hybridized carbons (Fsp3) is 0.833. The maximum atomic E-state index is 12.1. The minimum Gasteiger partial charge on any atom is -0.444 e. The van der Waals surface area contributed by atoms with Gasteiger partial charge < -0.3 is 20.3 Å². The van der Waals surface area contributed by atoms with E-state index < -0.39 is 11.7 Å². The summed E-state index contributed by atoms with van der Waals surface area (Å²) in [6.45, 7) is 11.3. The van der Waals surface area contributed by atoms with Gasteiger partial charge in [0.1, 0.15) is 12.1 Å². The van der Waals surface area contributed by atoms with E-state index in [2.05, 4.69) is 10.6 Å². The van der Waals surface area contributed by atoms with Gasteiger partial charge in [0.05, 0.1) is 0 Å². The van der Waals surface area contributed by atoms with Gasteiger partial charge in [-0.25, -0.2) is 4.79 Å². The zero-order valence-corrected chi connectivity index (χ0v) is 16.2. The van der Waals surface area contributed by atoms with E-state index >= 15 is 0 Å². The summed E-state index contributed by atoms with van der Waals surface area (Å²) in [7, 11) is 0. The van der Waals surface area contributed by atoms with Gasteiger partial charge in [-0.3, -0.25) is 9.59 Å². The molecule has 0 aromatic carbocycles. The van der Waals surface area contributed by atoms with Crippen molar-refractivity contribution in [2.75, 3.05) is 26.2 Å². The van der Waals surface area contributed by atoms with Gasteiger partial charge in [-0.2, -0.15) is 0 Å². The van der Waals surface area contributed by atoms with E-state index in [0.717, 1.165) is 12.8 Å². The Bertz CT molecular complexity index is 463. The van der Waals surface area contributed by atoms with Crippen molar-refractivity contribution >= 4 is 17.9 Å². The molecule has 0 spiro atoms. The van der Waals surface area contributed by atoms with Gasteiger partial charge in [-0.05, 0) is 45.4 Å². The number of amides is 3. The monoisotopic (exact) mass is 355 g/mol. The number of hydrogen-bond donors (Lipinski definition) is 2. The Kier molecular flexibility index (Phi) is 8.19. The Labute approximate surface area is 150 Å². The van der Waals surface area contributed by atoms with Crippen LogP contribution in [0.2, 0.25) is 0 Å². The predicted octanol–water partition coefficient (Wildman–Crippen LogP) is 1.91. The highest BCUT2D eigenvalue weighted by molar-refractivity contribution is 5.82. The Balaban J connectivity index is 2.23. The number of carbonyl (C=O) groups is 3. The van der Waals surface area contributed by atoms with Crippen LogP contribution in [0.1, 0.15) is 53.9 Å². The summed E-state index contributed by atoms with van der Waals surface area (Å²) in [5.41, 5.74) is -0.578. The molecule has 1 rings (SSSR count). The average Bonchev–Trinajstić information content (AvgIpc) is 2.49. The highest BCUT2D eigenvalue weighted by atomic mass is 16.6. The maximum absolute atomic E-state index is 12.1. The minimum absolute atomic E-state index is 0.0509. The summed E-state index contributed by atoms with van der Waals surface area (Å²) in [6, 6.07) is 0. The molecule has 1 aliphatic rings. The highest BCUT2D eigenvalue weighted by Gasteiger charge is 2.24. The second-order valence-corrected chi connectivity index (χ2v) is 8.08. The topological polar surface area (TPSA) is 87.7 Å². The van der Waals surface area contributed by atoms with Gasteiger partial charge in [0.25, 0.3) is 0 Å². The van der Waals surface area contributed by atoms with Gasteiger partial charge in [-0.1, -0.05) is 13.8 Å². The zero-order chi connectivity index (χ0) is 19.0. The molecular formula is C18H33N3O4. The molecule has 0 aromatic heterocycles. The third-order valence-electron chi connectivity index (χ3n) is 3.93. The van der Waals surface area contributed by atoms with Crippen molar-refractivity contribution in [3.05, 3.63) is 0 Å². The van der Waals surface area contributed by atoms with Crippen LogP contribution in [0.5, 0.6) is 0 Å². The lowest BCUT2D eigenvalue weighted by Crippen LogP contribution is -2.46. The van der Waals surface area contributed by atoms with Crippen molar-refractivity contribution in [1.82, 2.24) is 15.5 Å². The number of alkyl carbamates (subject to hydrolysis) is 1. The molecule has 0 saturated carbocycles. The SMILES string of the molecule is CC(C)CC(=O)NCC1CCN(C(=O)CNC(=O)OC(C)(C)C)CC1.